The van der Waals surface area contributed by atoms with Crippen LogP contribution in [-0.2, 0) is 0 Å². The summed E-state index contributed by atoms with van der Waals surface area (Å²) in [5, 5.41) is 3.47. The highest BCUT2D eigenvalue weighted by Crippen LogP contribution is 2.22. The second kappa shape index (κ2) is 7.99. The second-order valence-electron chi connectivity index (χ2n) is 7.68. The van der Waals surface area contributed by atoms with Crippen LogP contribution in [0, 0.1) is 6.92 Å². The van der Waals surface area contributed by atoms with Crippen molar-refractivity contribution in [3.05, 3.63) is 53.7 Å². The van der Waals surface area contributed by atoms with Crippen LogP contribution in [0.2, 0.25) is 0 Å². The van der Waals surface area contributed by atoms with Crippen molar-refractivity contribution in [2.45, 2.75) is 38.6 Å². The maximum Gasteiger partial charge on any atom is 0.255 e. The molecule has 1 saturated heterocycles. The van der Waals surface area contributed by atoms with Gasteiger partial charge in [-0.25, -0.2) is 4.98 Å². The van der Waals surface area contributed by atoms with Crippen molar-refractivity contribution in [1.29, 1.82) is 0 Å². The molecule has 1 N–H and O–H groups in total. The number of aryl methyl sites for hydroxylation is 1. The SMILES string of the molecule is Cc1cccc(N2CCN(C(=O)c3ccc(NC4CCCC4)nc3)CC2)c1. The first-order valence-corrected chi connectivity index (χ1v) is 10.0. The fourth-order valence-electron chi connectivity index (χ4n) is 4.06. The van der Waals surface area contributed by atoms with Gasteiger partial charge < -0.3 is 15.1 Å². The maximum absolute atomic E-state index is 12.8. The summed E-state index contributed by atoms with van der Waals surface area (Å²) >= 11 is 0. The van der Waals surface area contributed by atoms with E-state index >= 15 is 0 Å². The van der Waals surface area contributed by atoms with Crippen molar-refractivity contribution < 1.29 is 4.79 Å². The molecule has 2 fully saturated rings. The van der Waals surface area contributed by atoms with Gasteiger partial charge in [-0.1, -0.05) is 25.0 Å². The number of carbonyl (C=O) groups excluding carboxylic acids is 1. The lowest BCUT2D eigenvalue weighted by Gasteiger charge is -2.36. The Morgan fingerprint density at radius 2 is 1.85 bits per heavy atom. The Kier molecular flexibility index (Phi) is 5.28. The zero-order chi connectivity index (χ0) is 18.6. The molecule has 0 radical (unpaired) electrons. The Hall–Kier alpha value is -2.56. The van der Waals surface area contributed by atoms with Crippen LogP contribution in [0.4, 0.5) is 11.5 Å². The highest BCUT2D eigenvalue weighted by molar-refractivity contribution is 5.94. The molecule has 0 bridgehead atoms. The van der Waals surface area contributed by atoms with E-state index < -0.39 is 0 Å². The molecule has 2 aromatic rings. The fourth-order valence-corrected chi connectivity index (χ4v) is 4.06. The van der Waals surface area contributed by atoms with Gasteiger partial charge in [0.25, 0.3) is 5.91 Å². The predicted molar refractivity (Wildman–Crippen MR) is 109 cm³/mol. The molecule has 27 heavy (non-hydrogen) atoms. The highest BCUT2D eigenvalue weighted by Gasteiger charge is 2.23. The number of anilines is 2. The third-order valence-electron chi connectivity index (χ3n) is 5.65. The molecule has 0 spiro atoms. The molecule has 1 aromatic carbocycles. The molecule has 0 unspecified atom stereocenters. The molecule has 1 amide bonds. The third-order valence-corrected chi connectivity index (χ3v) is 5.65. The van der Waals surface area contributed by atoms with Gasteiger partial charge in [-0.2, -0.15) is 0 Å². The molecule has 1 aliphatic heterocycles. The first-order chi connectivity index (χ1) is 13.2. The Bertz CT molecular complexity index is 775. The van der Waals surface area contributed by atoms with E-state index in [0.717, 1.165) is 32.0 Å². The van der Waals surface area contributed by atoms with Gasteiger partial charge >= 0.3 is 0 Å². The lowest BCUT2D eigenvalue weighted by Crippen LogP contribution is -2.48. The summed E-state index contributed by atoms with van der Waals surface area (Å²) in [4.78, 5) is 21.5. The van der Waals surface area contributed by atoms with E-state index in [1.807, 2.05) is 17.0 Å². The topological polar surface area (TPSA) is 48.5 Å². The molecule has 1 saturated carbocycles. The van der Waals surface area contributed by atoms with E-state index in [9.17, 15) is 4.79 Å². The van der Waals surface area contributed by atoms with Crippen LogP contribution >= 0.6 is 0 Å². The van der Waals surface area contributed by atoms with Gasteiger partial charge in [-0.15, -0.1) is 0 Å². The molecule has 1 aromatic heterocycles. The van der Waals surface area contributed by atoms with Crippen LogP contribution in [0.25, 0.3) is 0 Å². The van der Waals surface area contributed by atoms with Gasteiger partial charge in [0.2, 0.25) is 0 Å². The zero-order valence-corrected chi connectivity index (χ0v) is 16.0. The minimum absolute atomic E-state index is 0.0822. The summed E-state index contributed by atoms with van der Waals surface area (Å²) in [6, 6.07) is 12.9. The first-order valence-electron chi connectivity index (χ1n) is 10.0. The molecule has 1 aliphatic carbocycles. The maximum atomic E-state index is 12.8. The Morgan fingerprint density at radius 3 is 2.52 bits per heavy atom. The van der Waals surface area contributed by atoms with Crippen molar-refractivity contribution in [3.63, 3.8) is 0 Å². The molecular weight excluding hydrogens is 336 g/mol. The monoisotopic (exact) mass is 364 g/mol. The van der Waals surface area contributed by atoms with E-state index in [2.05, 4.69) is 46.4 Å². The molecular formula is C22H28N4O. The summed E-state index contributed by atoms with van der Waals surface area (Å²) in [7, 11) is 0. The predicted octanol–water partition coefficient (Wildman–Crippen LogP) is 3.71. The van der Waals surface area contributed by atoms with Gasteiger partial charge in [-0.3, -0.25) is 4.79 Å². The van der Waals surface area contributed by atoms with Crippen LogP contribution in [0.1, 0.15) is 41.6 Å². The number of pyridine rings is 1. The second-order valence-corrected chi connectivity index (χ2v) is 7.68. The average Bonchev–Trinajstić information content (AvgIpc) is 3.21. The van der Waals surface area contributed by atoms with Crippen molar-refractivity contribution >= 4 is 17.4 Å². The number of amides is 1. The van der Waals surface area contributed by atoms with E-state index in [4.69, 9.17) is 0 Å². The molecule has 0 atom stereocenters. The summed E-state index contributed by atoms with van der Waals surface area (Å²) < 4.78 is 0. The zero-order valence-electron chi connectivity index (χ0n) is 16.0. The number of piperazine rings is 1. The number of hydrogen-bond acceptors (Lipinski definition) is 4. The van der Waals surface area contributed by atoms with Crippen molar-refractivity contribution in [2.24, 2.45) is 0 Å². The van der Waals surface area contributed by atoms with E-state index in [1.54, 1.807) is 6.20 Å². The molecule has 2 heterocycles. The average molecular weight is 364 g/mol. The molecule has 5 nitrogen and oxygen atoms in total. The quantitative estimate of drug-likeness (QED) is 0.899. The lowest BCUT2D eigenvalue weighted by molar-refractivity contribution is 0.0746. The smallest absolute Gasteiger partial charge is 0.255 e. The number of nitrogens with zero attached hydrogens (tertiary/aromatic N) is 3. The van der Waals surface area contributed by atoms with Crippen LogP contribution in [-0.4, -0.2) is 48.0 Å². The lowest BCUT2D eigenvalue weighted by atomic mass is 10.1. The van der Waals surface area contributed by atoms with Crippen molar-refractivity contribution in [1.82, 2.24) is 9.88 Å². The molecule has 142 valence electrons. The van der Waals surface area contributed by atoms with Gasteiger partial charge in [0.15, 0.2) is 0 Å². The standard InChI is InChI=1S/C22H28N4O/c1-17-5-4-8-20(15-17)25-11-13-26(14-12-25)22(27)18-9-10-21(23-16-18)24-19-6-2-3-7-19/h4-5,8-10,15-16,19H,2-3,6-7,11-14H2,1H3,(H,23,24). The van der Waals surface area contributed by atoms with Gasteiger partial charge in [0, 0.05) is 44.1 Å². The number of benzene rings is 1. The minimum atomic E-state index is 0.0822. The van der Waals surface area contributed by atoms with Crippen LogP contribution in [0.5, 0.6) is 0 Å². The normalized spacial score (nSPS) is 18.0. The van der Waals surface area contributed by atoms with Crippen LogP contribution < -0.4 is 10.2 Å². The highest BCUT2D eigenvalue weighted by atomic mass is 16.2. The minimum Gasteiger partial charge on any atom is -0.368 e. The number of hydrogen-bond donors (Lipinski definition) is 1. The first kappa shape index (κ1) is 17.8. The Balaban J connectivity index is 1.33. The van der Waals surface area contributed by atoms with E-state index in [1.165, 1.54) is 36.9 Å². The number of nitrogens with one attached hydrogen (secondary N) is 1. The van der Waals surface area contributed by atoms with Gasteiger partial charge in [0.05, 0.1) is 5.56 Å². The van der Waals surface area contributed by atoms with Crippen molar-refractivity contribution in [3.8, 4) is 0 Å². The number of rotatable bonds is 4. The van der Waals surface area contributed by atoms with Gasteiger partial charge in [-0.05, 0) is 49.6 Å². The van der Waals surface area contributed by atoms with E-state index in [0.29, 0.717) is 11.6 Å². The summed E-state index contributed by atoms with van der Waals surface area (Å²) in [5.74, 6) is 0.960. The third kappa shape index (κ3) is 4.24. The van der Waals surface area contributed by atoms with Crippen molar-refractivity contribution in [2.75, 3.05) is 36.4 Å². The summed E-state index contributed by atoms with van der Waals surface area (Å²) in [6.07, 6.45) is 6.74. The summed E-state index contributed by atoms with van der Waals surface area (Å²) in [6.45, 7) is 5.33. The van der Waals surface area contributed by atoms with Crippen LogP contribution in [0.15, 0.2) is 42.6 Å². The number of carbonyl (C=O) groups is 1. The summed E-state index contributed by atoms with van der Waals surface area (Å²) in [5.41, 5.74) is 3.19. The van der Waals surface area contributed by atoms with Gasteiger partial charge in [0.1, 0.15) is 5.82 Å². The molecule has 4 rings (SSSR count). The Morgan fingerprint density at radius 1 is 1.07 bits per heavy atom. The van der Waals surface area contributed by atoms with E-state index in [-0.39, 0.29) is 5.91 Å². The fraction of sp³-hybridized carbons (Fsp3) is 0.455. The van der Waals surface area contributed by atoms with Crippen LogP contribution in [0.3, 0.4) is 0 Å². The largest absolute Gasteiger partial charge is 0.368 e. The number of aromatic nitrogens is 1. The molecule has 5 heteroatoms. The Labute approximate surface area is 161 Å². The molecule has 2 aliphatic rings.